The molecule has 0 atom stereocenters. The van der Waals surface area contributed by atoms with Crippen molar-refractivity contribution < 1.29 is 31.2 Å². The van der Waals surface area contributed by atoms with Gasteiger partial charge in [0.15, 0.2) is 0 Å². The van der Waals surface area contributed by atoms with E-state index in [1.807, 2.05) is 0 Å². The Morgan fingerprint density at radius 1 is 0.789 bits per heavy atom. The van der Waals surface area contributed by atoms with E-state index in [9.17, 15) is 26.3 Å². The molecule has 0 aliphatic carbocycles. The Kier molecular flexibility index (Phi) is 3.88. The van der Waals surface area contributed by atoms with Crippen molar-refractivity contribution in [3.63, 3.8) is 0 Å². The van der Waals surface area contributed by atoms with E-state index in [0.717, 1.165) is 0 Å². The summed E-state index contributed by atoms with van der Waals surface area (Å²) in [6, 6.07) is 1.22. The summed E-state index contributed by atoms with van der Waals surface area (Å²) in [5.74, 6) is 4.89. The smallest absolute Gasteiger partial charge is 0.294 e. The number of halogens is 6. The van der Waals surface area contributed by atoms with E-state index in [2.05, 4.69) is 4.84 Å². The molecule has 0 aliphatic heterocycles. The highest BCUT2D eigenvalue weighted by Gasteiger charge is 2.38. The van der Waals surface area contributed by atoms with Gasteiger partial charge in [-0.05, 0) is 37.6 Å². The predicted molar refractivity (Wildman–Crippen MR) is 54.7 cm³/mol. The van der Waals surface area contributed by atoms with Gasteiger partial charge in [-0.25, -0.2) is 5.90 Å². The van der Waals surface area contributed by atoms with Crippen molar-refractivity contribution in [1.82, 2.24) is 0 Å². The molecule has 0 saturated carbocycles. The lowest BCUT2D eigenvalue weighted by Gasteiger charge is -2.24. The number of alkyl halides is 6. The molecule has 0 heterocycles. The minimum Gasteiger partial charge on any atom is -0.294 e. The van der Waals surface area contributed by atoms with Gasteiger partial charge >= 0.3 is 12.4 Å². The van der Waals surface area contributed by atoms with Gasteiger partial charge in [-0.1, -0.05) is 0 Å². The summed E-state index contributed by atoms with van der Waals surface area (Å²) in [7, 11) is 0. The van der Waals surface area contributed by atoms with Crippen molar-refractivity contribution in [2.24, 2.45) is 5.90 Å². The standard InChI is InChI=1S/C11H11F6NO/c1-9(2,19-18)6-3-7(10(12,13)14)5-8(4-6)11(15,16)17/h3-5H,18H2,1-2H3. The lowest BCUT2D eigenvalue weighted by Crippen LogP contribution is -2.26. The first-order valence-corrected chi connectivity index (χ1v) is 5.06. The molecule has 0 amide bonds. The van der Waals surface area contributed by atoms with Gasteiger partial charge in [0.2, 0.25) is 0 Å². The van der Waals surface area contributed by atoms with Crippen molar-refractivity contribution in [2.75, 3.05) is 0 Å². The zero-order valence-electron chi connectivity index (χ0n) is 9.99. The van der Waals surface area contributed by atoms with Crippen molar-refractivity contribution in [1.29, 1.82) is 0 Å². The summed E-state index contributed by atoms with van der Waals surface area (Å²) in [5.41, 5.74) is -4.58. The van der Waals surface area contributed by atoms with Gasteiger partial charge < -0.3 is 0 Å². The van der Waals surface area contributed by atoms with E-state index in [1.54, 1.807) is 0 Å². The van der Waals surface area contributed by atoms with Gasteiger partial charge in [0.1, 0.15) is 5.60 Å². The van der Waals surface area contributed by atoms with Gasteiger partial charge in [-0.15, -0.1) is 0 Å². The van der Waals surface area contributed by atoms with Gasteiger partial charge in [0.25, 0.3) is 0 Å². The van der Waals surface area contributed by atoms with Gasteiger partial charge in [-0.3, -0.25) is 4.84 Å². The Morgan fingerprint density at radius 2 is 1.11 bits per heavy atom. The average molecular weight is 287 g/mol. The molecular weight excluding hydrogens is 276 g/mol. The zero-order chi connectivity index (χ0) is 15.1. The highest BCUT2D eigenvalue weighted by atomic mass is 19.4. The Balaban J connectivity index is 3.51. The van der Waals surface area contributed by atoms with Crippen LogP contribution in [0.4, 0.5) is 26.3 Å². The van der Waals surface area contributed by atoms with Crippen molar-refractivity contribution >= 4 is 0 Å². The molecule has 1 aromatic carbocycles. The van der Waals surface area contributed by atoms with Crippen LogP contribution >= 0.6 is 0 Å². The van der Waals surface area contributed by atoms with Crippen molar-refractivity contribution in [3.05, 3.63) is 34.9 Å². The third kappa shape index (κ3) is 3.60. The molecule has 0 aromatic heterocycles. The maximum Gasteiger partial charge on any atom is 0.416 e. The predicted octanol–water partition coefficient (Wildman–Crippen LogP) is 3.85. The molecule has 2 nitrogen and oxygen atoms in total. The topological polar surface area (TPSA) is 35.2 Å². The lowest BCUT2D eigenvalue weighted by atomic mass is 9.93. The third-order valence-electron chi connectivity index (χ3n) is 2.58. The van der Waals surface area contributed by atoms with Crippen molar-refractivity contribution in [3.8, 4) is 0 Å². The van der Waals surface area contributed by atoms with Crippen molar-refractivity contribution in [2.45, 2.75) is 31.8 Å². The van der Waals surface area contributed by atoms with E-state index < -0.39 is 29.1 Å². The largest absolute Gasteiger partial charge is 0.416 e. The van der Waals surface area contributed by atoms with Gasteiger partial charge in [0, 0.05) is 0 Å². The second-order valence-electron chi connectivity index (χ2n) is 4.42. The van der Waals surface area contributed by atoms with E-state index in [4.69, 9.17) is 5.90 Å². The van der Waals surface area contributed by atoms with Crippen LogP contribution in [0.5, 0.6) is 0 Å². The normalized spacial score (nSPS) is 13.7. The van der Waals surface area contributed by atoms with E-state index in [0.29, 0.717) is 12.1 Å². The fourth-order valence-electron chi connectivity index (χ4n) is 1.37. The molecule has 1 aromatic rings. The van der Waals surface area contributed by atoms with Crippen LogP contribution < -0.4 is 5.90 Å². The summed E-state index contributed by atoms with van der Waals surface area (Å²) in [4.78, 5) is 4.42. The van der Waals surface area contributed by atoms with Gasteiger partial charge in [0.05, 0.1) is 11.1 Å². The first-order chi connectivity index (χ1) is 8.38. The minimum absolute atomic E-state index is 0.0517. The van der Waals surface area contributed by atoms with Crippen LogP contribution in [-0.4, -0.2) is 0 Å². The molecule has 19 heavy (non-hydrogen) atoms. The fourth-order valence-corrected chi connectivity index (χ4v) is 1.37. The summed E-state index contributed by atoms with van der Waals surface area (Å²) in [6.07, 6.45) is -9.78. The Bertz CT molecular complexity index is 431. The number of rotatable bonds is 2. The van der Waals surface area contributed by atoms with Crippen LogP contribution in [0.25, 0.3) is 0 Å². The minimum atomic E-state index is -4.89. The monoisotopic (exact) mass is 287 g/mol. The first kappa shape index (κ1) is 15.8. The molecule has 0 fully saturated rings. The SMILES string of the molecule is CC(C)(ON)c1cc(C(F)(F)F)cc(C(F)(F)F)c1. The van der Waals surface area contributed by atoms with E-state index in [1.165, 1.54) is 13.8 Å². The molecule has 2 N–H and O–H groups in total. The van der Waals surface area contributed by atoms with E-state index in [-0.39, 0.29) is 11.6 Å². The quantitative estimate of drug-likeness (QED) is 0.662. The number of hydrogen-bond acceptors (Lipinski definition) is 2. The molecule has 0 spiro atoms. The van der Waals surface area contributed by atoms with Crippen LogP contribution in [0, 0.1) is 0 Å². The number of benzene rings is 1. The van der Waals surface area contributed by atoms with Crippen LogP contribution in [0.15, 0.2) is 18.2 Å². The summed E-state index contributed by atoms with van der Waals surface area (Å²) < 4.78 is 75.5. The fraction of sp³-hybridized carbons (Fsp3) is 0.455. The molecule has 8 heteroatoms. The zero-order valence-corrected chi connectivity index (χ0v) is 9.99. The van der Waals surface area contributed by atoms with Crippen LogP contribution in [0.1, 0.15) is 30.5 Å². The number of nitrogens with two attached hydrogens (primary N) is 1. The second kappa shape index (κ2) is 4.68. The second-order valence-corrected chi connectivity index (χ2v) is 4.42. The molecule has 0 radical (unpaired) electrons. The maximum atomic E-state index is 12.6. The summed E-state index contributed by atoms with van der Waals surface area (Å²) >= 11 is 0. The van der Waals surface area contributed by atoms with E-state index >= 15 is 0 Å². The average Bonchev–Trinajstić information content (AvgIpc) is 2.26. The molecule has 1 rings (SSSR count). The third-order valence-corrected chi connectivity index (χ3v) is 2.58. The highest BCUT2D eigenvalue weighted by Crippen LogP contribution is 2.38. The maximum absolute atomic E-state index is 12.6. The molecule has 108 valence electrons. The highest BCUT2D eigenvalue weighted by molar-refractivity contribution is 5.36. The Hall–Kier alpha value is -1.28. The molecule has 0 unspecified atom stereocenters. The summed E-state index contributed by atoms with van der Waals surface area (Å²) in [5, 5.41) is 0. The molecule has 0 saturated heterocycles. The molecule has 0 bridgehead atoms. The van der Waals surface area contributed by atoms with Crippen LogP contribution in [-0.2, 0) is 22.8 Å². The lowest BCUT2D eigenvalue weighted by molar-refractivity contribution is -0.143. The van der Waals surface area contributed by atoms with Crippen LogP contribution in [0.3, 0.4) is 0 Å². The Morgan fingerprint density at radius 3 is 1.37 bits per heavy atom. The van der Waals surface area contributed by atoms with Gasteiger partial charge in [-0.2, -0.15) is 26.3 Å². The first-order valence-electron chi connectivity index (χ1n) is 5.06. The summed E-state index contributed by atoms with van der Waals surface area (Å²) in [6.45, 7) is 2.53. The van der Waals surface area contributed by atoms with Crippen LogP contribution in [0.2, 0.25) is 0 Å². The Labute approximate surface area is 105 Å². The molecule has 0 aliphatic rings. The number of hydrogen-bond donors (Lipinski definition) is 1. The molecular formula is C11H11F6NO.